The number of nitrogens with zero attached hydrogens (tertiary/aromatic N) is 1. The van der Waals surface area contributed by atoms with Crippen LogP contribution in [-0.4, -0.2) is 61.0 Å². The van der Waals surface area contributed by atoms with E-state index in [1.54, 1.807) is 0 Å². The maximum atomic E-state index is 12.6. The SMILES string of the molecule is CC.CC.CC.CC[C@@H]1O[C@H](COCc2ccccc2)[C@@H](OCc2ccccc2)[C@H](OCc2ccccc2)[C@H]1OCc1ccccc1.COC(=O)CC[C@H]1C(=O)N(Cc2ccccc2)[C@@H]1c1ccccc1. The van der Waals surface area contributed by atoms with Crippen molar-refractivity contribution in [2.45, 2.75) is 137 Å². The van der Waals surface area contributed by atoms with Gasteiger partial charge in [-0.1, -0.05) is 230 Å². The minimum absolute atomic E-state index is 0.0172. The highest BCUT2D eigenvalue weighted by Crippen LogP contribution is 2.43. The molecule has 0 bridgehead atoms. The highest BCUT2D eigenvalue weighted by Gasteiger charge is 2.49. The summed E-state index contributed by atoms with van der Waals surface area (Å²) in [6.07, 6.45) is 0.0444. The fourth-order valence-electron chi connectivity index (χ4n) is 8.51. The van der Waals surface area contributed by atoms with Crippen LogP contribution in [0.4, 0.5) is 0 Å². The molecular formula is C62H79NO8. The largest absolute Gasteiger partial charge is 0.469 e. The van der Waals surface area contributed by atoms with Gasteiger partial charge in [0.15, 0.2) is 0 Å². The third-order valence-corrected chi connectivity index (χ3v) is 11.9. The molecule has 6 aromatic carbocycles. The third kappa shape index (κ3) is 18.3. The second-order valence-electron chi connectivity index (χ2n) is 16.4. The van der Waals surface area contributed by atoms with Crippen molar-refractivity contribution in [2.24, 2.45) is 5.92 Å². The average molecular weight is 966 g/mol. The normalized spacial score (nSPS) is 19.9. The quantitative estimate of drug-likeness (QED) is 0.0552. The molecule has 0 N–H and O–H groups in total. The second-order valence-corrected chi connectivity index (χ2v) is 16.4. The van der Waals surface area contributed by atoms with E-state index >= 15 is 0 Å². The predicted octanol–water partition coefficient (Wildman–Crippen LogP) is 13.6. The Kier molecular flexibility index (Phi) is 27.3. The molecule has 2 aliphatic heterocycles. The zero-order chi connectivity index (χ0) is 51.1. The van der Waals surface area contributed by atoms with Crippen LogP contribution < -0.4 is 0 Å². The van der Waals surface area contributed by atoms with Crippen molar-refractivity contribution in [3.63, 3.8) is 0 Å². The molecule has 0 spiro atoms. The van der Waals surface area contributed by atoms with Gasteiger partial charge in [0.05, 0.1) is 58.2 Å². The van der Waals surface area contributed by atoms with Crippen LogP contribution in [0.2, 0.25) is 0 Å². The maximum absolute atomic E-state index is 12.6. The fraction of sp³-hybridized carbons (Fsp3) is 0.387. The molecule has 7 atom stereocenters. The lowest BCUT2D eigenvalue weighted by Gasteiger charge is -2.47. The maximum Gasteiger partial charge on any atom is 0.305 e. The molecule has 9 nitrogen and oxygen atoms in total. The van der Waals surface area contributed by atoms with Crippen LogP contribution in [0.3, 0.4) is 0 Å². The van der Waals surface area contributed by atoms with Gasteiger partial charge in [0.25, 0.3) is 0 Å². The molecule has 1 amide bonds. The van der Waals surface area contributed by atoms with Crippen molar-refractivity contribution >= 4 is 11.9 Å². The Morgan fingerprint density at radius 2 is 0.887 bits per heavy atom. The zero-order valence-electron chi connectivity index (χ0n) is 43.4. The van der Waals surface area contributed by atoms with Gasteiger partial charge in [-0.15, -0.1) is 0 Å². The van der Waals surface area contributed by atoms with E-state index in [1.165, 1.54) is 7.11 Å². The van der Waals surface area contributed by atoms with Crippen LogP contribution in [0.25, 0.3) is 0 Å². The second kappa shape index (κ2) is 33.6. The molecule has 2 saturated heterocycles. The summed E-state index contributed by atoms with van der Waals surface area (Å²) in [6, 6.07) is 60.9. The summed E-state index contributed by atoms with van der Waals surface area (Å²) in [5.41, 5.74) is 6.66. The van der Waals surface area contributed by atoms with Gasteiger partial charge in [-0.3, -0.25) is 9.59 Å². The van der Waals surface area contributed by atoms with Crippen LogP contribution in [0, 0.1) is 5.92 Å². The number of rotatable bonds is 20. The van der Waals surface area contributed by atoms with Gasteiger partial charge in [-0.05, 0) is 46.2 Å². The van der Waals surface area contributed by atoms with E-state index in [0.717, 1.165) is 39.8 Å². The molecule has 71 heavy (non-hydrogen) atoms. The molecule has 0 saturated carbocycles. The lowest BCUT2D eigenvalue weighted by atomic mass is 9.79. The summed E-state index contributed by atoms with van der Waals surface area (Å²) in [5, 5.41) is 0. The Labute approximate surface area is 425 Å². The molecule has 0 aliphatic carbocycles. The molecule has 6 aromatic rings. The van der Waals surface area contributed by atoms with Gasteiger partial charge in [0.2, 0.25) is 5.91 Å². The summed E-state index contributed by atoms with van der Waals surface area (Å²) < 4.78 is 37.6. The van der Waals surface area contributed by atoms with Crippen molar-refractivity contribution in [3.8, 4) is 0 Å². The van der Waals surface area contributed by atoms with Crippen molar-refractivity contribution in [2.75, 3.05) is 13.7 Å². The van der Waals surface area contributed by atoms with Gasteiger partial charge in [-0.2, -0.15) is 0 Å². The molecule has 0 aromatic heterocycles. The van der Waals surface area contributed by atoms with E-state index in [-0.39, 0.29) is 54.7 Å². The summed E-state index contributed by atoms with van der Waals surface area (Å²) in [6.45, 7) is 17.0. The molecular weight excluding hydrogens is 887 g/mol. The number of carbonyl (C=O) groups excluding carboxylic acids is 2. The van der Waals surface area contributed by atoms with Crippen molar-refractivity contribution in [1.82, 2.24) is 4.90 Å². The van der Waals surface area contributed by atoms with Crippen LogP contribution in [-0.2, 0) is 71.0 Å². The van der Waals surface area contributed by atoms with Crippen LogP contribution in [0.15, 0.2) is 182 Å². The first-order valence-corrected chi connectivity index (χ1v) is 25.7. The summed E-state index contributed by atoms with van der Waals surface area (Å²) in [7, 11) is 1.38. The Morgan fingerprint density at radius 1 is 0.507 bits per heavy atom. The van der Waals surface area contributed by atoms with E-state index < -0.39 is 6.10 Å². The summed E-state index contributed by atoms with van der Waals surface area (Å²) >= 11 is 0. The standard InChI is InChI=1S/C36H40O5.C20H21NO3.3C2H6/c1-2-32-34(38-24-29-17-9-4-10-18-29)36(40-26-31-21-13-6-14-22-31)35(39-25-30-19-11-5-12-20-30)33(41-32)27-37-23-28-15-7-3-8-16-28;1-24-18(22)13-12-17-19(16-10-6-3-7-11-16)21(20(17)23)14-15-8-4-2-5-9-15;3*1-2/h3-22,32-36H,2,23-27H2,1H3;2-11,17,19H,12-14H2,1H3;3*1-2H3/t32-,33+,34-,35+,36+;17-,19-;;;/m01.../s1. The van der Waals surface area contributed by atoms with Gasteiger partial charge < -0.3 is 33.3 Å². The summed E-state index contributed by atoms with van der Waals surface area (Å²) in [4.78, 5) is 26.0. The Hall–Kier alpha value is -5.94. The summed E-state index contributed by atoms with van der Waals surface area (Å²) in [5.74, 6) is -0.317. The van der Waals surface area contributed by atoms with Crippen LogP contribution in [0.5, 0.6) is 0 Å². The molecule has 2 aliphatic rings. The highest BCUT2D eigenvalue weighted by molar-refractivity contribution is 5.87. The van der Waals surface area contributed by atoms with Gasteiger partial charge >= 0.3 is 5.97 Å². The van der Waals surface area contributed by atoms with E-state index in [2.05, 4.69) is 55.5 Å². The first-order chi connectivity index (χ1) is 35.0. The average Bonchev–Trinajstić information content (AvgIpc) is 3.45. The predicted molar refractivity (Wildman–Crippen MR) is 285 cm³/mol. The van der Waals surface area contributed by atoms with E-state index in [4.69, 9.17) is 28.4 Å². The van der Waals surface area contributed by atoms with E-state index in [9.17, 15) is 9.59 Å². The highest BCUT2D eigenvalue weighted by atomic mass is 16.6. The number of benzene rings is 6. The van der Waals surface area contributed by atoms with Crippen molar-refractivity contribution < 1.29 is 38.0 Å². The topological polar surface area (TPSA) is 92.8 Å². The fourth-order valence-corrected chi connectivity index (χ4v) is 8.51. The number of likely N-dealkylation sites (tertiary alicyclic amines) is 1. The molecule has 8 rings (SSSR count). The molecule has 380 valence electrons. The smallest absolute Gasteiger partial charge is 0.305 e. The van der Waals surface area contributed by atoms with Gasteiger partial charge in [0.1, 0.15) is 24.4 Å². The third-order valence-electron chi connectivity index (χ3n) is 11.9. The monoisotopic (exact) mass is 966 g/mol. The van der Waals surface area contributed by atoms with Crippen LogP contribution >= 0.6 is 0 Å². The Balaban J connectivity index is 0.000000310. The van der Waals surface area contributed by atoms with E-state index in [1.807, 2.05) is 180 Å². The number of hydrogen-bond acceptors (Lipinski definition) is 8. The Bertz CT molecular complexity index is 2270. The Morgan fingerprint density at radius 3 is 1.31 bits per heavy atom. The zero-order valence-corrected chi connectivity index (χ0v) is 43.4. The molecule has 9 heteroatoms. The first kappa shape index (κ1) is 57.6. The number of amides is 1. The van der Waals surface area contributed by atoms with Gasteiger partial charge in [-0.25, -0.2) is 0 Å². The number of β-lactam (4-membered cyclic amide) rings is 1. The number of esters is 1. The number of ether oxygens (including phenoxy) is 6. The number of hydrogen-bond donors (Lipinski definition) is 0. The molecule has 0 unspecified atom stereocenters. The first-order valence-electron chi connectivity index (χ1n) is 25.7. The van der Waals surface area contributed by atoms with Gasteiger partial charge in [0, 0.05) is 13.0 Å². The molecule has 0 radical (unpaired) electrons. The molecule has 2 fully saturated rings. The van der Waals surface area contributed by atoms with Crippen molar-refractivity contribution in [1.29, 1.82) is 0 Å². The lowest BCUT2D eigenvalue weighted by Crippen LogP contribution is -2.61. The van der Waals surface area contributed by atoms with Crippen molar-refractivity contribution in [3.05, 3.63) is 215 Å². The van der Waals surface area contributed by atoms with E-state index in [0.29, 0.717) is 46.0 Å². The number of methoxy groups -OCH3 is 1. The minimum Gasteiger partial charge on any atom is -0.469 e. The minimum atomic E-state index is -0.390. The van der Waals surface area contributed by atoms with Crippen LogP contribution in [0.1, 0.15) is 107 Å². The number of carbonyl (C=O) groups is 2. The lowest BCUT2D eigenvalue weighted by molar-refractivity contribution is -0.272. The molecule has 2 heterocycles.